The molecule has 0 spiro atoms. The van der Waals surface area contributed by atoms with Crippen LogP contribution in [0, 0.1) is 6.92 Å². The molecule has 9 heteroatoms. The Labute approximate surface area is 229 Å². The zero-order valence-electron chi connectivity index (χ0n) is 21.1. The van der Waals surface area contributed by atoms with E-state index in [1.54, 1.807) is 37.3 Å². The van der Waals surface area contributed by atoms with E-state index in [4.69, 9.17) is 9.15 Å². The zero-order valence-corrected chi connectivity index (χ0v) is 21.9. The lowest BCUT2D eigenvalue weighted by Crippen LogP contribution is -2.22. The third kappa shape index (κ3) is 4.36. The molecule has 0 saturated carbocycles. The standard InChI is InChI=1S/C31H21NO7S/c1-18-28(31(35)38-17-19-7-3-2-4-8-19)26-15-20(11-14-27(26)39-18)32-40(36,37)21-12-13-24-25(16-21)30(34)23-10-6-5-9-22(23)29(24)33/h2-16,32H,17H2,1H3. The Morgan fingerprint density at radius 2 is 1.45 bits per heavy atom. The number of hydrogen-bond acceptors (Lipinski definition) is 7. The first kappa shape index (κ1) is 25.3. The molecule has 0 bridgehead atoms. The summed E-state index contributed by atoms with van der Waals surface area (Å²) in [4.78, 5) is 38.7. The summed E-state index contributed by atoms with van der Waals surface area (Å²) in [5.41, 5.74) is 2.28. The summed E-state index contributed by atoms with van der Waals surface area (Å²) in [7, 11) is -4.17. The fourth-order valence-corrected chi connectivity index (χ4v) is 5.87. The Balaban J connectivity index is 1.29. The number of aryl methyl sites for hydroxylation is 1. The molecular weight excluding hydrogens is 530 g/mol. The second-order valence-corrected chi connectivity index (χ2v) is 11.0. The molecule has 1 aromatic heterocycles. The van der Waals surface area contributed by atoms with Gasteiger partial charge in [-0.05, 0) is 48.9 Å². The predicted molar refractivity (Wildman–Crippen MR) is 147 cm³/mol. The van der Waals surface area contributed by atoms with Crippen LogP contribution in [0.3, 0.4) is 0 Å². The van der Waals surface area contributed by atoms with E-state index < -0.39 is 21.8 Å². The molecule has 0 fully saturated rings. The lowest BCUT2D eigenvalue weighted by molar-refractivity contribution is 0.0472. The number of carbonyl (C=O) groups excluding carboxylic acids is 3. The van der Waals surface area contributed by atoms with E-state index in [0.717, 1.165) is 5.56 Å². The maximum absolute atomic E-state index is 13.3. The number of hydrogen-bond donors (Lipinski definition) is 1. The van der Waals surface area contributed by atoms with Crippen LogP contribution in [-0.4, -0.2) is 26.0 Å². The number of ether oxygens (including phenoxy) is 1. The second-order valence-electron chi connectivity index (χ2n) is 9.32. The quantitative estimate of drug-likeness (QED) is 0.265. The Kier molecular flexibility index (Phi) is 6.08. The first-order valence-corrected chi connectivity index (χ1v) is 13.8. The Morgan fingerprint density at radius 1 is 0.800 bits per heavy atom. The largest absolute Gasteiger partial charge is 0.460 e. The van der Waals surface area contributed by atoms with Crippen LogP contribution < -0.4 is 4.72 Å². The number of carbonyl (C=O) groups is 3. The molecule has 8 nitrogen and oxygen atoms in total. The second kappa shape index (κ2) is 9.62. The van der Waals surface area contributed by atoms with E-state index in [1.165, 1.54) is 30.3 Å². The first-order valence-electron chi connectivity index (χ1n) is 12.3. The molecule has 0 saturated heterocycles. The molecule has 1 aliphatic rings. The third-order valence-electron chi connectivity index (χ3n) is 6.74. The number of fused-ring (bicyclic) bond motifs is 3. The number of nitrogens with one attached hydrogen (secondary N) is 1. The number of sulfonamides is 1. The number of ketones is 2. The van der Waals surface area contributed by atoms with Crippen LogP contribution >= 0.6 is 0 Å². The van der Waals surface area contributed by atoms with Gasteiger partial charge in [-0.3, -0.25) is 14.3 Å². The van der Waals surface area contributed by atoms with Crippen molar-refractivity contribution in [3.05, 3.63) is 130 Å². The summed E-state index contributed by atoms with van der Waals surface area (Å²) in [6, 6.07) is 24.1. The van der Waals surface area contributed by atoms with E-state index in [9.17, 15) is 22.8 Å². The fourth-order valence-electron chi connectivity index (χ4n) is 4.79. The van der Waals surface area contributed by atoms with Gasteiger partial charge in [-0.25, -0.2) is 13.2 Å². The summed E-state index contributed by atoms with van der Waals surface area (Å²) in [5.74, 6) is -1.02. The minimum atomic E-state index is -4.17. The zero-order chi connectivity index (χ0) is 28.0. The molecule has 0 atom stereocenters. The van der Waals surface area contributed by atoms with Crippen molar-refractivity contribution in [1.29, 1.82) is 0 Å². The molecule has 6 rings (SSSR count). The topological polar surface area (TPSA) is 120 Å². The highest BCUT2D eigenvalue weighted by atomic mass is 32.2. The molecule has 1 aliphatic carbocycles. The van der Waals surface area contributed by atoms with E-state index >= 15 is 0 Å². The first-order chi connectivity index (χ1) is 19.2. The summed E-state index contributed by atoms with van der Waals surface area (Å²) >= 11 is 0. The van der Waals surface area contributed by atoms with Crippen molar-refractivity contribution >= 4 is 44.2 Å². The van der Waals surface area contributed by atoms with Crippen LogP contribution in [0.15, 0.2) is 100 Å². The normalized spacial score (nSPS) is 12.6. The molecule has 1 heterocycles. The summed E-state index contributed by atoms with van der Waals surface area (Å²) in [5, 5.41) is 0.388. The molecule has 198 valence electrons. The highest BCUT2D eigenvalue weighted by Crippen LogP contribution is 2.32. The van der Waals surface area contributed by atoms with Crippen molar-refractivity contribution in [2.75, 3.05) is 4.72 Å². The van der Waals surface area contributed by atoms with Crippen LogP contribution in [0.4, 0.5) is 5.69 Å². The van der Waals surface area contributed by atoms with Gasteiger partial charge in [0.15, 0.2) is 11.6 Å². The van der Waals surface area contributed by atoms with E-state index in [1.807, 2.05) is 30.3 Å². The molecule has 0 aliphatic heterocycles. The number of anilines is 1. The third-order valence-corrected chi connectivity index (χ3v) is 8.12. The Morgan fingerprint density at radius 3 is 2.17 bits per heavy atom. The van der Waals surface area contributed by atoms with Gasteiger partial charge in [0.25, 0.3) is 10.0 Å². The SMILES string of the molecule is Cc1oc2ccc(NS(=O)(=O)c3ccc4c(c3)C(=O)c3ccccc3C4=O)cc2c1C(=O)OCc1ccccc1. The van der Waals surface area contributed by atoms with Crippen LogP contribution in [0.1, 0.15) is 53.5 Å². The molecule has 40 heavy (non-hydrogen) atoms. The monoisotopic (exact) mass is 551 g/mol. The predicted octanol–water partition coefficient (Wildman–Crippen LogP) is 5.67. The van der Waals surface area contributed by atoms with Gasteiger partial charge >= 0.3 is 5.97 Å². The fraction of sp³-hybridized carbons (Fsp3) is 0.0645. The summed E-state index contributed by atoms with van der Waals surface area (Å²) in [6.45, 7) is 1.70. The summed E-state index contributed by atoms with van der Waals surface area (Å²) in [6.07, 6.45) is 0. The van der Waals surface area contributed by atoms with Crippen molar-refractivity contribution < 1.29 is 32.0 Å². The smallest absolute Gasteiger partial charge is 0.342 e. The van der Waals surface area contributed by atoms with Gasteiger partial charge in [0.2, 0.25) is 0 Å². The molecule has 4 aromatic carbocycles. The van der Waals surface area contributed by atoms with E-state index in [0.29, 0.717) is 16.7 Å². The van der Waals surface area contributed by atoms with Crippen LogP contribution in [0.25, 0.3) is 11.0 Å². The van der Waals surface area contributed by atoms with Crippen LogP contribution in [-0.2, 0) is 21.4 Å². The Hall–Kier alpha value is -5.02. The van der Waals surface area contributed by atoms with Crippen molar-refractivity contribution in [3.8, 4) is 0 Å². The van der Waals surface area contributed by atoms with Gasteiger partial charge in [-0.2, -0.15) is 0 Å². The molecule has 0 radical (unpaired) electrons. The number of furan rings is 1. The van der Waals surface area contributed by atoms with Crippen molar-refractivity contribution in [3.63, 3.8) is 0 Å². The highest BCUT2D eigenvalue weighted by molar-refractivity contribution is 7.92. The maximum atomic E-state index is 13.3. The van der Waals surface area contributed by atoms with Crippen molar-refractivity contribution in [1.82, 2.24) is 0 Å². The average Bonchev–Trinajstić information content (AvgIpc) is 3.29. The average molecular weight is 552 g/mol. The van der Waals surface area contributed by atoms with E-state index in [-0.39, 0.29) is 50.8 Å². The van der Waals surface area contributed by atoms with Gasteiger partial charge in [0.05, 0.1) is 4.90 Å². The molecule has 0 unspecified atom stereocenters. The number of esters is 1. The molecule has 0 amide bonds. The molecule has 5 aromatic rings. The maximum Gasteiger partial charge on any atom is 0.342 e. The Bertz CT molecular complexity index is 1960. The minimum absolute atomic E-state index is 0.0240. The lowest BCUT2D eigenvalue weighted by atomic mass is 9.84. The van der Waals surface area contributed by atoms with Crippen LogP contribution in [0.2, 0.25) is 0 Å². The molecular formula is C31H21NO7S. The number of rotatable bonds is 6. The van der Waals surface area contributed by atoms with E-state index in [2.05, 4.69) is 4.72 Å². The number of benzene rings is 4. The lowest BCUT2D eigenvalue weighted by Gasteiger charge is -2.18. The summed E-state index contributed by atoms with van der Waals surface area (Å²) < 4.78 is 40.3. The van der Waals surface area contributed by atoms with Gasteiger partial charge in [0.1, 0.15) is 23.5 Å². The van der Waals surface area contributed by atoms with Gasteiger partial charge in [0, 0.05) is 33.3 Å². The van der Waals surface area contributed by atoms with Crippen molar-refractivity contribution in [2.24, 2.45) is 0 Å². The van der Waals surface area contributed by atoms with Gasteiger partial charge in [-0.15, -0.1) is 0 Å². The van der Waals surface area contributed by atoms with Gasteiger partial charge in [-0.1, -0.05) is 54.6 Å². The minimum Gasteiger partial charge on any atom is -0.460 e. The molecule has 1 N–H and O–H groups in total. The highest BCUT2D eigenvalue weighted by Gasteiger charge is 2.31. The van der Waals surface area contributed by atoms with Gasteiger partial charge < -0.3 is 9.15 Å². The van der Waals surface area contributed by atoms with Crippen LogP contribution in [0.5, 0.6) is 0 Å². The van der Waals surface area contributed by atoms with Crippen molar-refractivity contribution in [2.45, 2.75) is 18.4 Å².